The molecule has 2 nitrogen and oxygen atoms in total. The normalized spacial score (nSPS) is 10.7. The Morgan fingerprint density at radius 3 is 2.86 bits per heavy atom. The van der Waals surface area contributed by atoms with Crippen molar-refractivity contribution in [2.75, 3.05) is 0 Å². The van der Waals surface area contributed by atoms with Crippen LogP contribution in [0.15, 0.2) is 24.4 Å². The summed E-state index contributed by atoms with van der Waals surface area (Å²) in [7, 11) is 0. The maximum Gasteiger partial charge on any atom is 0.161 e. The van der Waals surface area contributed by atoms with Crippen LogP contribution in [0.25, 0.3) is 10.9 Å². The third-order valence-corrected chi connectivity index (χ3v) is 2.53. The number of H-pyrrole nitrogens is 1. The minimum atomic E-state index is 0.112. The molecule has 0 amide bonds. The van der Waals surface area contributed by atoms with Crippen molar-refractivity contribution in [2.45, 2.75) is 20.3 Å². The van der Waals surface area contributed by atoms with Crippen molar-refractivity contribution in [3.05, 3.63) is 35.5 Å². The molecule has 1 aromatic carbocycles. The maximum atomic E-state index is 11.3. The Hall–Kier alpha value is -1.57. The summed E-state index contributed by atoms with van der Waals surface area (Å²) in [5.41, 5.74) is 3.12. The van der Waals surface area contributed by atoms with E-state index in [2.05, 4.69) is 24.0 Å². The highest BCUT2D eigenvalue weighted by atomic mass is 16.1. The van der Waals surface area contributed by atoms with Gasteiger partial charge in [0, 0.05) is 22.7 Å². The zero-order valence-corrected chi connectivity index (χ0v) is 8.42. The number of nitrogens with one attached hydrogen (secondary N) is 1. The van der Waals surface area contributed by atoms with E-state index in [9.17, 15) is 4.79 Å². The van der Waals surface area contributed by atoms with Crippen LogP contribution in [0.5, 0.6) is 0 Å². The van der Waals surface area contributed by atoms with E-state index in [4.69, 9.17) is 0 Å². The van der Waals surface area contributed by atoms with E-state index >= 15 is 0 Å². The summed E-state index contributed by atoms with van der Waals surface area (Å²) in [6.45, 7) is 3.71. The topological polar surface area (TPSA) is 32.9 Å². The van der Waals surface area contributed by atoms with Crippen molar-refractivity contribution in [1.29, 1.82) is 0 Å². The van der Waals surface area contributed by atoms with Crippen LogP contribution in [-0.4, -0.2) is 10.8 Å². The Bertz CT molecular complexity index is 482. The van der Waals surface area contributed by atoms with Gasteiger partial charge in [-0.05, 0) is 25.0 Å². The SMILES string of the molecule is CCc1ccc2c(C(C)=O)c[nH]c2c1. The summed E-state index contributed by atoms with van der Waals surface area (Å²) in [6, 6.07) is 6.19. The Kier molecular flexibility index (Phi) is 2.12. The molecular weight excluding hydrogens is 174 g/mol. The van der Waals surface area contributed by atoms with Crippen LogP contribution in [0.1, 0.15) is 29.8 Å². The number of Topliss-reactive ketones (excluding diaryl/α,β-unsaturated/α-hetero) is 1. The van der Waals surface area contributed by atoms with Gasteiger partial charge in [-0.25, -0.2) is 0 Å². The highest BCUT2D eigenvalue weighted by Crippen LogP contribution is 2.20. The van der Waals surface area contributed by atoms with Crippen LogP contribution < -0.4 is 0 Å². The second-order valence-electron chi connectivity index (χ2n) is 3.49. The number of hydrogen-bond acceptors (Lipinski definition) is 1. The van der Waals surface area contributed by atoms with E-state index < -0.39 is 0 Å². The molecule has 0 aliphatic heterocycles. The molecule has 0 unspecified atom stereocenters. The molecule has 0 fully saturated rings. The number of aromatic nitrogens is 1. The van der Waals surface area contributed by atoms with Crippen molar-refractivity contribution in [3.63, 3.8) is 0 Å². The van der Waals surface area contributed by atoms with Crippen molar-refractivity contribution in [2.24, 2.45) is 0 Å². The Balaban J connectivity index is 2.65. The van der Waals surface area contributed by atoms with Crippen molar-refractivity contribution >= 4 is 16.7 Å². The third kappa shape index (κ3) is 1.33. The number of carbonyl (C=O) groups excluding carboxylic acids is 1. The molecule has 2 aromatic rings. The predicted molar refractivity (Wildman–Crippen MR) is 57.7 cm³/mol. The van der Waals surface area contributed by atoms with E-state index in [1.165, 1.54) is 5.56 Å². The second kappa shape index (κ2) is 3.29. The molecule has 1 N–H and O–H groups in total. The van der Waals surface area contributed by atoms with Gasteiger partial charge in [-0.1, -0.05) is 19.1 Å². The highest BCUT2D eigenvalue weighted by Gasteiger charge is 2.07. The smallest absolute Gasteiger partial charge is 0.161 e. The standard InChI is InChI=1S/C12H13NO/c1-3-9-4-5-10-11(8(2)14)7-13-12(10)6-9/h4-7,13H,3H2,1-2H3. The quantitative estimate of drug-likeness (QED) is 0.720. The van der Waals surface area contributed by atoms with Crippen molar-refractivity contribution in [1.82, 2.24) is 4.98 Å². The first-order valence-electron chi connectivity index (χ1n) is 4.83. The molecule has 14 heavy (non-hydrogen) atoms. The van der Waals surface area contributed by atoms with Crippen LogP contribution in [0.2, 0.25) is 0 Å². The van der Waals surface area contributed by atoms with Crippen molar-refractivity contribution in [3.8, 4) is 0 Å². The summed E-state index contributed by atoms with van der Waals surface area (Å²) in [5, 5.41) is 1.02. The van der Waals surface area contributed by atoms with E-state index in [1.807, 2.05) is 6.07 Å². The monoisotopic (exact) mass is 187 g/mol. The van der Waals surface area contributed by atoms with Crippen molar-refractivity contribution < 1.29 is 4.79 Å². The van der Waals surface area contributed by atoms with Crippen LogP contribution in [0.3, 0.4) is 0 Å². The maximum absolute atomic E-state index is 11.3. The lowest BCUT2D eigenvalue weighted by Gasteiger charge is -1.97. The molecular formula is C12H13NO. The number of aryl methyl sites for hydroxylation is 1. The summed E-state index contributed by atoms with van der Waals surface area (Å²) < 4.78 is 0. The number of fused-ring (bicyclic) bond motifs is 1. The number of carbonyl (C=O) groups is 1. The molecule has 0 atom stereocenters. The molecule has 1 aromatic heterocycles. The molecule has 0 radical (unpaired) electrons. The van der Waals surface area contributed by atoms with Crippen LogP contribution >= 0.6 is 0 Å². The molecule has 0 aliphatic carbocycles. The first kappa shape index (κ1) is 9.00. The van der Waals surface area contributed by atoms with E-state index in [0.29, 0.717) is 0 Å². The van der Waals surface area contributed by atoms with Gasteiger partial charge in [-0.15, -0.1) is 0 Å². The fraction of sp³-hybridized carbons (Fsp3) is 0.250. The molecule has 2 heteroatoms. The zero-order chi connectivity index (χ0) is 10.1. The summed E-state index contributed by atoms with van der Waals surface area (Å²) in [6.07, 6.45) is 2.80. The molecule has 72 valence electrons. The fourth-order valence-electron chi connectivity index (χ4n) is 1.68. The Morgan fingerprint density at radius 2 is 2.21 bits per heavy atom. The number of benzene rings is 1. The molecule has 1 heterocycles. The summed E-state index contributed by atoms with van der Waals surface area (Å²) in [5.74, 6) is 0.112. The number of rotatable bonds is 2. The molecule has 0 saturated carbocycles. The van der Waals surface area contributed by atoms with Gasteiger partial charge in [0.05, 0.1) is 0 Å². The first-order valence-corrected chi connectivity index (χ1v) is 4.83. The van der Waals surface area contributed by atoms with Gasteiger partial charge in [0.15, 0.2) is 5.78 Å². The van der Waals surface area contributed by atoms with Crippen LogP contribution in [-0.2, 0) is 6.42 Å². The molecule has 0 saturated heterocycles. The van der Waals surface area contributed by atoms with Gasteiger partial charge in [-0.3, -0.25) is 4.79 Å². The largest absolute Gasteiger partial charge is 0.360 e. The van der Waals surface area contributed by atoms with Gasteiger partial charge in [0.2, 0.25) is 0 Å². The molecule has 0 aliphatic rings. The minimum absolute atomic E-state index is 0.112. The lowest BCUT2D eigenvalue weighted by Crippen LogP contribution is -1.88. The summed E-state index contributed by atoms with van der Waals surface area (Å²) >= 11 is 0. The lowest BCUT2D eigenvalue weighted by atomic mass is 10.1. The average Bonchev–Trinajstić information content (AvgIpc) is 2.59. The van der Waals surface area contributed by atoms with Gasteiger partial charge in [-0.2, -0.15) is 0 Å². The average molecular weight is 187 g/mol. The number of ketones is 1. The fourth-order valence-corrected chi connectivity index (χ4v) is 1.68. The van der Waals surface area contributed by atoms with E-state index in [-0.39, 0.29) is 5.78 Å². The zero-order valence-electron chi connectivity index (χ0n) is 8.42. The third-order valence-electron chi connectivity index (χ3n) is 2.53. The Labute approximate surface area is 82.9 Å². The summed E-state index contributed by atoms with van der Waals surface area (Å²) in [4.78, 5) is 14.4. The first-order chi connectivity index (χ1) is 6.72. The van der Waals surface area contributed by atoms with Gasteiger partial charge in [0.25, 0.3) is 0 Å². The van der Waals surface area contributed by atoms with Gasteiger partial charge < -0.3 is 4.98 Å². The van der Waals surface area contributed by atoms with Crippen LogP contribution in [0.4, 0.5) is 0 Å². The minimum Gasteiger partial charge on any atom is -0.360 e. The van der Waals surface area contributed by atoms with Crippen LogP contribution in [0, 0.1) is 0 Å². The molecule has 0 bridgehead atoms. The van der Waals surface area contributed by atoms with Gasteiger partial charge >= 0.3 is 0 Å². The predicted octanol–water partition coefficient (Wildman–Crippen LogP) is 2.93. The second-order valence-corrected chi connectivity index (χ2v) is 3.49. The van der Waals surface area contributed by atoms with E-state index in [0.717, 1.165) is 22.9 Å². The number of hydrogen-bond donors (Lipinski definition) is 1. The Morgan fingerprint density at radius 1 is 1.43 bits per heavy atom. The molecule has 2 rings (SSSR count). The van der Waals surface area contributed by atoms with Gasteiger partial charge in [0.1, 0.15) is 0 Å². The molecule has 0 spiro atoms. The van der Waals surface area contributed by atoms with E-state index in [1.54, 1.807) is 13.1 Å². The number of aromatic amines is 1. The lowest BCUT2D eigenvalue weighted by molar-refractivity contribution is 0.101. The highest BCUT2D eigenvalue weighted by molar-refractivity contribution is 6.06.